The van der Waals surface area contributed by atoms with Gasteiger partial charge >= 0.3 is 0 Å². The Morgan fingerprint density at radius 2 is 1.92 bits per heavy atom. The Kier molecular flexibility index (Phi) is 6.48. The second kappa shape index (κ2) is 9.23. The highest BCUT2D eigenvalue weighted by Crippen LogP contribution is 2.26. The van der Waals surface area contributed by atoms with E-state index in [1.54, 1.807) is 0 Å². The van der Waals surface area contributed by atoms with Crippen LogP contribution in [0, 0.1) is 11.3 Å². The van der Waals surface area contributed by atoms with Crippen molar-refractivity contribution in [3.63, 3.8) is 0 Å². The molecule has 132 valence electrons. The first-order chi connectivity index (χ1) is 12.8. The van der Waals surface area contributed by atoms with Crippen LogP contribution in [0.4, 0.5) is 5.69 Å². The number of para-hydroxylation sites is 1. The van der Waals surface area contributed by atoms with Crippen LogP contribution < -0.4 is 10.2 Å². The van der Waals surface area contributed by atoms with Gasteiger partial charge in [0.1, 0.15) is 0 Å². The van der Waals surface area contributed by atoms with Gasteiger partial charge in [-0.15, -0.1) is 11.8 Å². The van der Waals surface area contributed by atoms with Gasteiger partial charge < -0.3 is 10.2 Å². The van der Waals surface area contributed by atoms with E-state index in [2.05, 4.69) is 41.7 Å². The summed E-state index contributed by atoms with van der Waals surface area (Å²) in [5.74, 6) is 0.388. The molecule has 0 aliphatic carbocycles. The lowest BCUT2D eigenvalue weighted by Gasteiger charge is -2.23. The third-order valence-electron chi connectivity index (χ3n) is 4.39. The maximum Gasteiger partial charge on any atom is 0.279 e. The number of hydrogen-bond donors (Lipinski definition) is 2. The van der Waals surface area contributed by atoms with Crippen molar-refractivity contribution in [3.8, 4) is 6.07 Å². The third kappa shape index (κ3) is 4.98. The van der Waals surface area contributed by atoms with E-state index in [1.165, 1.54) is 27.8 Å². The van der Waals surface area contributed by atoms with E-state index in [4.69, 9.17) is 5.26 Å². The number of benzene rings is 2. The Hall–Kier alpha value is -2.55. The molecule has 2 aromatic rings. The predicted molar refractivity (Wildman–Crippen MR) is 106 cm³/mol. The van der Waals surface area contributed by atoms with Crippen molar-refractivity contribution >= 4 is 28.9 Å². The number of amides is 1. The van der Waals surface area contributed by atoms with E-state index in [1.807, 2.05) is 30.3 Å². The summed E-state index contributed by atoms with van der Waals surface area (Å²) in [6.45, 7) is 2.28. The van der Waals surface area contributed by atoms with E-state index in [0.717, 1.165) is 30.1 Å². The third-order valence-corrected chi connectivity index (χ3v) is 5.33. The highest BCUT2D eigenvalue weighted by molar-refractivity contribution is 7.99. The average molecular weight is 364 g/mol. The first-order valence-electron chi connectivity index (χ1n) is 8.73. The molecular formula is C21H22N3OS+. The molecular weight excluding hydrogens is 342 g/mol. The molecule has 0 bridgehead atoms. The fraction of sp³-hybridized carbons (Fsp3) is 0.238. The highest BCUT2D eigenvalue weighted by Gasteiger charge is 2.19. The first-order valence-corrected chi connectivity index (χ1v) is 9.71. The second-order valence-corrected chi connectivity index (χ2v) is 7.23. The van der Waals surface area contributed by atoms with Crippen LogP contribution in [0.5, 0.6) is 0 Å². The summed E-state index contributed by atoms with van der Waals surface area (Å²) < 4.78 is 0. The lowest BCUT2D eigenvalue weighted by Crippen LogP contribution is -3.13. The number of nitriles is 1. The Labute approximate surface area is 158 Å². The SMILES string of the molecule is N#CCSc1ccccc1NC(=O)C[NH+]1CC=C(c2ccccc2)CC1. The number of thioether (sulfide) groups is 1. The Morgan fingerprint density at radius 3 is 2.65 bits per heavy atom. The minimum Gasteiger partial charge on any atom is -0.324 e. The zero-order valence-corrected chi connectivity index (χ0v) is 15.4. The minimum absolute atomic E-state index is 0.0153. The van der Waals surface area contributed by atoms with Gasteiger partial charge in [0.2, 0.25) is 0 Å². The molecule has 26 heavy (non-hydrogen) atoms. The molecule has 0 aromatic heterocycles. The molecule has 1 unspecified atom stereocenters. The van der Waals surface area contributed by atoms with E-state index >= 15 is 0 Å². The van der Waals surface area contributed by atoms with Crippen LogP contribution in [0.25, 0.3) is 5.57 Å². The fourth-order valence-corrected chi connectivity index (χ4v) is 3.75. The molecule has 0 saturated heterocycles. The lowest BCUT2D eigenvalue weighted by atomic mass is 10.00. The number of carbonyl (C=O) groups excluding carboxylic acids is 1. The van der Waals surface area contributed by atoms with E-state index in [0.29, 0.717) is 12.3 Å². The fourth-order valence-electron chi connectivity index (χ4n) is 3.09. The number of nitrogens with one attached hydrogen (secondary N) is 2. The molecule has 1 aliphatic heterocycles. The van der Waals surface area contributed by atoms with Crippen LogP contribution in [0.3, 0.4) is 0 Å². The van der Waals surface area contributed by atoms with Crippen LogP contribution >= 0.6 is 11.8 Å². The van der Waals surface area contributed by atoms with Gasteiger partial charge in [-0.1, -0.05) is 42.5 Å². The Balaban J connectivity index is 1.55. The van der Waals surface area contributed by atoms with Crippen LogP contribution in [0.15, 0.2) is 65.6 Å². The van der Waals surface area contributed by atoms with Crippen molar-refractivity contribution in [2.45, 2.75) is 11.3 Å². The average Bonchev–Trinajstić information content (AvgIpc) is 2.68. The quantitative estimate of drug-likeness (QED) is 0.775. The summed E-state index contributed by atoms with van der Waals surface area (Å²) in [7, 11) is 0. The number of rotatable bonds is 6. The van der Waals surface area contributed by atoms with Crippen LogP contribution in [0.2, 0.25) is 0 Å². The van der Waals surface area contributed by atoms with Crippen LogP contribution in [-0.4, -0.2) is 31.3 Å². The van der Waals surface area contributed by atoms with Crippen LogP contribution in [0.1, 0.15) is 12.0 Å². The normalized spacial score (nSPS) is 16.4. The summed E-state index contributed by atoms with van der Waals surface area (Å²) in [6.07, 6.45) is 3.24. The van der Waals surface area contributed by atoms with Crippen molar-refractivity contribution in [2.24, 2.45) is 0 Å². The molecule has 4 nitrogen and oxygen atoms in total. The molecule has 1 heterocycles. The minimum atomic E-state index is 0.0153. The van der Waals surface area contributed by atoms with E-state index < -0.39 is 0 Å². The molecule has 3 rings (SSSR count). The maximum atomic E-state index is 12.4. The van der Waals surface area contributed by atoms with Gasteiger partial charge in [-0.25, -0.2) is 0 Å². The van der Waals surface area contributed by atoms with E-state index in [-0.39, 0.29) is 5.91 Å². The molecule has 0 spiro atoms. The van der Waals surface area contributed by atoms with Crippen molar-refractivity contribution in [2.75, 3.05) is 30.7 Å². The van der Waals surface area contributed by atoms with Gasteiger partial charge in [0.25, 0.3) is 5.91 Å². The first kappa shape index (κ1) is 18.2. The molecule has 5 heteroatoms. The van der Waals surface area contributed by atoms with Gasteiger partial charge in [0, 0.05) is 11.3 Å². The number of nitrogens with zero attached hydrogens (tertiary/aromatic N) is 1. The number of carbonyl (C=O) groups is 1. The molecule has 2 aromatic carbocycles. The molecule has 2 N–H and O–H groups in total. The standard InChI is InChI=1S/C21H21N3OS/c22-12-15-26-20-9-5-4-8-19(20)23-21(25)16-24-13-10-18(11-14-24)17-6-2-1-3-7-17/h1-10H,11,13-16H2,(H,23,25)/p+1. The van der Waals surface area contributed by atoms with Crippen molar-refractivity contribution < 1.29 is 9.69 Å². The Bertz CT molecular complexity index is 827. The second-order valence-electron chi connectivity index (χ2n) is 6.22. The lowest BCUT2D eigenvalue weighted by molar-refractivity contribution is -0.886. The molecule has 0 saturated carbocycles. The topological polar surface area (TPSA) is 57.3 Å². The molecule has 1 aliphatic rings. The predicted octanol–water partition coefficient (Wildman–Crippen LogP) is 2.61. The largest absolute Gasteiger partial charge is 0.324 e. The maximum absolute atomic E-state index is 12.4. The van der Waals surface area contributed by atoms with Crippen molar-refractivity contribution in [3.05, 3.63) is 66.2 Å². The van der Waals surface area contributed by atoms with Gasteiger partial charge in [-0.3, -0.25) is 4.79 Å². The summed E-state index contributed by atoms with van der Waals surface area (Å²) in [6, 6.07) is 20.2. The molecule has 0 radical (unpaired) electrons. The zero-order valence-electron chi connectivity index (χ0n) is 14.6. The smallest absolute Gasteiger partial charge is 0.279 e. The summed E-state index contributed by atoms with van der Waals surface area (Å²) >= 11 is 1.44. The number of anilines is 1. The molecule has 1 atom stereocenters. The van der Waals surface area contributed by atoms with Crippen LogP contribution in [-0.2, 0) is 4.79 Å². The summed E-state index contributed by atoms with van der Waals surface area (Å²) in [5, 5.41) is 11.8. The molecule has 0 fully saturated rings. The van der Waals surface area contributed by atoms with Crippen molar-refractivity contribution in [1.82, 2.24) is 0 Å². The van der Waals surface area contributed by atoms with Gasteiger partial charge in [0.15, 0.2) is 6.54 Å². The van der Waals surface area contributed by atoms with Gasteiger partial charge in [-0.05, 0) is 29.3 Å². The summed E-state index contributed by atoms with van der Waals surface area (Å²) in [5.41, 5.74) is 3.43. The highest BCUT2D eigenvalue weighted by atomic mass is 32.2. The van der Waals surface area contributed by atoms with Crippen molar-refractivity contribution in [1.29, 1.82) is 5.26 Å². The molecule has 1 amide bonds. The zero-order chi connectivity index (χ0) is 18.2. The van der Waals surface area contributed by atoms with Gasteiger partial charge in [-0.2, -0.15) is 5.26 Å². The van der Waals surface area contributed by atoms with Gasteiger partial charge in [0.05, 0.1) is 30.6 Å². The summed E-state index contributed by atoms with van der Waals surface area (Å²) in [4.78, 5) is 14.6. The number of quaternary nitrogens is 1. The van der Waals surface area contributed by atoms with E-state index in [9.17, 15) is 4.79 Å². The number of hydrogen-bond acceptors (Lipinski definition) is 3. The Morgan fingerprint density at radius 1 is 1.15 bits per heavy atom. The monoisotopic (exact) mass is 364 g/mol.